The average Bonchev–Trinajstić information content (AvgIpc) is 1.00. The molecule has 0 saturated heterocycles. The summed E-state index contributed by atoms with van der Waals surface area (Å²) in [5.41, 5.74) is 0. The first-order chi connectivity index (χ1) is 1.00. The molecular formula is C2H7KO. The van der Waals surface area contributed by atoms with E-state index in [1.807, 2.05) is 13.8 Å². The second-order valence-corrected chi connectivity index (χ2v) is 0. The van der Waals surface area contributed by atoms with Crippen molar-refractivity contribution in [2.45, 2.75) is 13.8 Å². The Morgan fingerprint density at radius 3 is 1.00 bits per heavy atom. The maximum Gasteiger partial charge on any atom is 1.00 e. The number of rotatable bonds is 0. The standard InChI is InChI=1S/C2H6.K.H2O/c1-2;;/h1-2H3;;1H2/q;+1;/p-1. The van der Waals surface area contributed by atoms with Crippen LogP contribution in [0.3, 0.4) is 0 Å². The summed E-state index contributed by atoms with van der Waals surface area (Å²) >= 11 is 0. The Kier molecular flexibility index (Phi) is 102. The van der Waals surface area contributed by atoms with E-state index in [0.29, 0.717) is 0 Å². The van der Waals surface area contributed by atoms with Crippen molar-refractivity contribution < 1.29 is 56.9 Å². The van der Waals surface area contributed by atoms with E-state index in [2.05, 4.69) is 0 Å². The van der Waals surface area contributed by atoms with Crippen LogP contribution < -0.4 is 51.4 Å². The van der Waals surface area contributed by atoms with E-state index in [-0.39, 0.29) is 56.9 Å². The van der Waals surface area contributed by atoms with Crippen LogP contribution in [0.15, 0.2) is 0 Å². The first-order valence-corrected chi connectivity index (χ1v) is 1.00. The summed E-state index contributed by atoms with van der Waals surface area (Å²) in [5, 5.41) is 0. The molecule has 0 saturated carbocycles. The third-order valence-electron chi connectivity index (χ3n) is 0. The van der Waals surface area contributed by atoms with Gasteiger partial charge in [-0.1, -0.05) is 13.8 Å². The first-order valence-electron chi connectivity index (χ1n) is 1.00. The van der Waals surface area contributed by atoms with Crippen LogP contribution in [0.25, 0.3) is 0 Å². The molecule has 0 rings (SSSR count). The van der Waals surface area contributed by atoms with Gasteiger partial charge >= 0.3 is 51.4 Å². The minimum atomic E-state index is 0. The third kappa shape index (κ3) is 9.51. The van der Waals surface area contributed by atoms with Crippen molar-refractivity contribution in [3.8, 4) is 0 Å². The van der Waals surface area contributed by atoms with Crippen molar-refractivity contribution in [1.82, 2.24) is 0 Å². The molecule has 0 spiro atoms. The van der Waals surface area contributed by atoms with Gasteiger partial charge in [0.1, 0.15) is 0 Å². The molecule has 0 aromatic rings. The van der Waals surface area contributed by atoms with Crippen molar-refractivity contribution in [3.05, 3.63) is 0 Å². The Hall–Kier alpha value is 1.60. The molecule has 0 amide bonds. The number of hydrogen-bond donors (Lipinski definition) is 0. The van der Waals surface area contributed by atoms with Crippen LogP contribution >= 0.6 is 0 Å². The van der Waals surface area contributed by atoms with Gasteiger partial charge in [-0.05, 0) is 0 Å². The fraction of sp³-hybridized carbons (Fsp3) is 1.00. The van der Waals surface area contributed by atoms with Crippen LogP contribution in [0.4, 0.5) is 0 Å². The molecule has 0 unspecified atom stereocenters. The second kappa shape index (κ2) is 23.3. The Bertz CT molecular complexity index is 6.00. The maximum atomic E-state index is 2.00. The van der Waals surface area contributed by atoms with Crippen LogP contribution in [0.2, 0.25) is 0 Å². The zero-order valence-corrected chi connectivity index (χ0v) is 6.57. The predicted octanol–water partition coefficient (Wildman–Crippen LogP) is -2.15. The van der Waals surface area contributed by atoms with Crippen LogP contribution in [0.1, 0.15) is 13.8 Å². The van der Waals surface area contributed by atoms with Crippen molar-refractivity contribution in [1.29, 1.82) is 0 Å². The van der Waals surface area contributed by atoms with E-state index >= 15 is 0 Å². The Morgan fingerprint density at radius 2 is 1.00 bits per heavy atom. The zero-order valence-electron chi connectivity index (χ0n) is 3.45. The van der Waals surface area contributed by atoms with Gasteiger partial charge in [0.2, 0.25) is 0 Å². The molecule has 0 aliphatic rings. The minimum absolute atomic E-state index is 0. The summed E-state index contributed by atoms with van der Waals surface area (Å²) in [4.78, 5) is 0. The number of hydrogen-bond acceptors (Lipinski definition) is 1. The quantitative estimate of drug-likeness (QED) is 0.309. The van der Waals surface area contributed by atoms with Crippen LogP contribution in [-0.4, -0.2) is 5.48 Å². The fourth-order valence-corrected chi connectivity index (χ4v) is 0. The summed E-state index contributed by atoms with van der Waals surface area (Å²) in [7, 11) is 0. The third-order valence-corrected chi connectivity index (χ3v) is 0. The van der Waals surface area contributed by atoms with E-state index in [4.69, 9.17) is 0 Å². The molecule has 0 atom stereocenters. The fourth-order valence-electron chi connectivity index (χ4n) is 0. The molecule has 0 aliphatic heterocycles. The average molecular weight is 86.2 g/mol. The van der Waals surface area contributed by atoms with E-state index in [1.54, 1.807) is 0 Å². The minimum Gasteiger partial charge on any atom is -0.870 e. The molecule has 0 heterocycles. The molecule has 0 aliphatic carbocycles. The van der Waals surface area contributed by atoms with Gasteiger partial charge in [0.25, 0.3) is 0 Å². The molecular weight excluding hydrogens is 79.1 g/mol. The second-order valence-electron chi connectivity index (χ2n) is 0. The molecule has 22 valence electrons. The van der Waals surface area contributed by atoms with Crippen molar-refractivity contribution in [3.63, 3.8) is 0 Å². The van der Waals surface area contributed by atoms with Gasteiger partial charge in [0.15, 0.2) is 0 Å². The molecule has 1 N–H and O–H groups in total. The van der Waals surface area contributed by atoms with E-state index in [1.165, 1.54) is 0 Å². The van der Waals surface area contributed by atoms with Crippen molar-refractivity contribution in [2.75, 3.05) is 0 Å². The van der Waals surface area contributed by atoms with Gasteiger partial charge in [-0.15, -0.1) is 0 Å². The molecule has 0 fully saturated rings. The van der Waals surface area contributed by atoms with Crippen LogP contribution in [0, 0.1) is 0 Å². The zero-order chi connectivity index (χ0) is 2.00. The van der Waals surface area contributed by atoms with Gasteiger partial charge < -0.3 is 5.48 Å². The van der Waals surface area contributed by atoms with Crippen molar-refractivity contribution in [2.24, 2.45) is 0 Å². The Balaban J connectivity index is -0.00000000500. The molecule has 0 bridgehead atoms. The topological polar surface area (TPSA) is 30.0 Å². The summed E-state index contributed by atoms with van der Waals surface area (Å²) in [5.74, 6) is 0. The van der Waals surface area contributed by atoms with Gasteiger partial charge in [-0.25, -0.2) is 0 Å². The monoisotopic (exact) mass is 86.0 g/mol. The van der Waals surface area contributed by atoms with Gasteiger partial charge in [0.05, 0.1) is 0 Å². The molecule has 1 nitrogen and oxygen atoms in total. The van der Waals surface area contributed by atoms with E-state index < -0.39 is 0 Å². The maximum absolute atomic E-state index is 2.00. The Labute approximate surface area is 69.5 Å². The van der Waals surface area contributed by atoms with Gasteiger partial charge in [-0.3, -0.25) is 0 Å². The molecule has 0 aromatic carbocycles. The van der Waals surface area contributed by atoms with Gasteiger partial charge in [0, 0.05) is 0 Å². The van der Waals surface area contributed by atoms with Crippen LogP contribution in [0.5, 0.6) is 0 Å². The largest absolute Gasteiger partial charge is 1.00 e. The normalized spacial score (nSPS) is 1.50. The van der Waals surface area contributed by atoms with Gasteiger partial charge in [-0.2, -0.15) is 0 Å². The SMILES string of the molecule is CC.[K+].[OH-]. The van der Waals surface area contributed by atoms with Crippen LogP contribution in [-0.2, 0) is 0 Å². The van der Waals surface area contributed by atoms with Crippen molar-refractivity contribution >= 4 is 0 Å². The first kappa shape index (κ1) is 17.5. The Morgan fingerprint density at radius 1 is 1.00 bits per heavy atom. The predicted molar refractivity (Wildman–Crippen MR) is 13.3 cm³/mol. The molecule has 0 radical (unpaired) electrons. The summed E-state index contributed by atoms with van der Waals surface area (Å²) in [6.45, 7) is 4.00. The molecule has 0 aromatic heterocycles. The summed E-state index contributed by atoms with van der Waals surface area (Å²) < 4.78 is 0. The smallest absolute Gasteiger partial charge is 0.870 e. The molecule has 2 heteroatoms. The van der Waals surface area contributed by atoms with E-state index in [0.717, 1.165) is 0 Å². The molecule has 4 heavy (non-hydrogen) atoms. The summed E-state index contributed by atoms with van der Waals surface area (Å²) in [6, 6.07) is 0. The summed E-state index contributed by atoms with van der Waals surface area (Å²) in [6.07, 6.45) is 0. The van der Waals surface area contributed by atoms with E-state index in [9.17, 15) is 0 Å².